The molecule has 27 heavy (non-hydrogen) atoms. The van der Waals surface area contributed by atoms with Crippen molar-refractivity contribution in [2.45, 2.75) is 31.8 Å². The highest BCUT2D eigenvalue weighted by molar-refractivity contribution is 5.75. The number of carbonyl (C=O) groups excluding carboxylic acids is 1. The third-order valence-corrected chi connectivity index (χ3v) is 5.45. The molecule has 2 saturated heterocycles. The van der Waals surface area contributed by atoms with Crippen LogP contribution in [0.3, 0.4) is 0 Å². The number of hydrogen-bond acceptors (Lipinski definition) is 3. The van der Waals surface area contributed by atoms with Gasteiger partial charge in [0, 0.05) is 44.3 Å². The third-order valence-electron chi connectivity index (χ3n) is 5.45. The molecule has 0 spiro atoms. The van der Waals surface area contributed by atoms with Crippen LogP contribution in [0, 0.1) is 0 Å². The third kappa shape index (κ3) is 4.42. The van der Waals surface area contributed by atoms with Gasteiger partial charge in [-0.2, -0.15) is 0 Å². The molecule has 0 saturated carbocycles. The van der Waals surface area contributed by atoms with E-state index in [2.05, 4.69) is 22.3 Å². The van der Waals surface area contributed by atoms with Crippen LogP contribution in [0.25, 0.3) is 0 Å². The van der Waals surface area contributed by atoms with E-state index in [0.717, 1.165) is 63.5 Å². The largest absolute Gasteiger partial charge is 0.457 e. The Labute approximate surface area is 160 Å². The number of para-hydroxylation sites is 2. The highest BCUT2D eigenvalue weighted by Gasteiger charge is 2.29. The summed E-state index contributed by atoms with van der Waals surface area (Å²) in [5, 5.41) is 2.97. The molecule has 5 heteroatoms. The van der Waals surface area contributed by atoms with Crippen molar-refractivity contribution in [3.05, 3.63) is 60.2 Å². The van der Waals surface area contributed by atoms with E-state index in [-0.39, 0.29) is 6.03 Å². The number of piperidine rings is 1. The fourth-order valence-electron chi connectivity index (χ4n) is 3.98. The topological polar surface area (TPSA) is 44.8 Å². The molecule has 2 heterocycles. The van der Waals surface area contributed by atoms with Crippen LogP contribution in [-0.4, -0.2) is 48.1 Å². The van der Waals surface area contributed by atoms with Crippen LogP contribution in [0.15, 0.2) is 54.6 Å². The van der Waals surface area contributed by atoms with Gasteiger partial charge in [-0.25, -0.2) is 4.79 Å². The Balaban J connectivity index is 1.36. The summed E-state index contributed by atoms with van der Waals surface area (Å²) in [6.45, 7) is 4.60. The summed E-state index contributed by atoms with van der Waals surface area (Å²) in [6, 6.07) is 18.7. The van der Waals surface area contributed by atoms with E-state index in [4.69, 9.17) is 4.74 Å². The maximum absolute atomic E-state index is 12.1. The number of rotatable bonds is 5. The molecule has 0 radical (unpaired) electrons. The average Bonchev–Trinajstić information content (AvgIpc) is 2.71. The van der Waals surface area contributed by atoms with E-state index in [1.807, 2.05) is 47.4 Å². The van der Waals surface area contributed by atoms with Gasteiger partial charge in [-0.05, 0) is 37.5 Å². The number of carbonyl (C=O) groups is 1. The highest BCUT2D eigenvalue weighted by Crippen LogP contribution is 2.27. The molecule has 0 aliphatic carbocycles. The van der Waals surface area contributed by atoms with Gasteiger partial charge in [-0.15, -0.1) is 0 Å². The first-order chi connectivity index (χ1) is 13.3. The van der Waals surface area contributed by atoms with E-state index >= 15 is 0 Å². The fourth-order valence-corrected chi connectivity index (χ4v) is 3.98. The second kappa shape index (κ2) is 8.44. The van der Waals surface area contributed by atoms with E-state index in [0.29, 0.717) is 6.04 Å². The Kier molecular flexibility index (Phi) is 5.58. The lowest BCUT2D eigenvalue weighted by Crippen LogP contribution is -2.54. The normalized spacial score (nSPS) is 19.0. The van der Waals surface area contributed by atoms with Crippen molar-refractivity contribution in [3.63, 3.8) is 0 Å². The van der Waals surface area contributed by atoms with Crippen molar-refractivity contribution < 1.29 is 9.53 Å². The smallest absolute Gasteiger partial charge is 0.317 e. The second-order valence-electron chi connectivity index (χ2n) is 7.31. The van der Waals surface area contributed by atoms with Crippen LogP contribution in [0.5, 0.6) is 11.5 Å². The van der Waals surface area contributed by atoms with Gasteiger partial charge in [0.25, 0.3) is 0 Å². The van der Waals surface area contributed by atoms with Crippen molar-refractivity contribution in [2.24, 2.45) is 0 Å². The van der Waals surface area contributed by atoms with Crippen molar-refractivity contribution in [2.75, 3.05) is 26.2 Å². The standard InChI is InChI=1S/C22H27N3O2/c26-22-23-13-6-14-25(22)19-11-15-24(16-12-19)17-18-7-4-5-10-21(18)27-20-8-2-1-3-9-20/h1-5,7-10,19H,6,11-17H2,(H,23,26). The first-order valence-electron chi connectivity index (χ1n) is 9.87. The summed E-state index contributed by atoms with van der Waals surface area (Å²) in [6.07, 6.45) is 3.13. The predicted octanol–water partition coefficient (Wildman–Crippen LogP) is 3.86. The van der Waals surface area contributed by atoms with Gasteiger partial charge < -0.3 is 15.0 Å². The Morgan fingerprint density at radius 3 is 2.48 bits per heavy atom. The van der Waals surface area contributed by atoms with Gasteiger partial charge in [-0.3, -0.25) is 4.90 Å². The molecular formula is C22H27N3O2. The number of benzene rings is 2. The Bertz CT molecular complexity index is 757. The van der Waals surface area contributed by atoms with Crippen molar-refractivity contribution in [1.82, 2.24) is 15.1 Å². The lowest BCUT2D eigenvalue weighted by Gasteiger charge is -2.40. The monoisotopic (exact) mass is 365 g/mol. The summed E-state index contributed by atoms with van der Waals surface area (Å²) < 4.78 is 6.09. The summed E-state index contributed by atoms with van der Waals surface area (Å²) in [7, 11) is 0. The van der Waals surface area contributed by atoms with E-state index < -0.39 is 0 Å². The zero-order valence-corrected chi connectivity index (χ0v) is 15.6. The lowest BCUT2D eigenvalue weighted by molar-refractivity contribution is 0.108. The Morgan fingerprint density at radius 2 is 1.70 bits per heavy atom. The molecule has 2 aromatic rings. The van der Waals surface area contributed by atoms with Crippen molar-refractivity contribution >= 4 is 6.03 Å². The van der Waals surface area contributed by atoms with Crippen LogP contribution in [0.4, 0.5) is 4.79 Å². The van der Waals surface area contributed by atoms with Crippen LogP contribution in [-0.2, 0) is 6.54 Å². The van der Waals surface area contributed by atoms with Gasteiger partial charge in [0.05, 0.1) is 0 Å². The molecule has 2 fully saturated rings. The van der Waals surface area contributed by atoms with Crippen molar-refractivity contribution in [3.8, 4) is 11.5 Å². The first-order valence-corrected chi connectivity index (χ1v) is 9.87. The fraction of sp³-hybridized carbons (Fsp3) is 0.409. The zero-order valence-electron chi connectivity index (χ0n) is 15.6. The molecule has 142 valence electrons. The maximum atomic E-state index is 12.1. The molecule has 2 aliphatic rings. The Hall–Kier alpha value is -2.53. The SMILES string of the molecule is O=C1NCCCN1C1CCN(Cc2ccccc2Oc2ccccc2)CC1. The molecule has 0 aromatic heterocycles. The van der Waals surface area contributed by atoms with Crippen LogP contribution in [0.1, 0.15) is 24.8 Å². The number of hydrogen-bond donors (Lipinski definition) is 1. The molecule has 0 bridgehead atoms. The van der Waals surface area contributed by atoms with E-state index in [1.165, 1.54) is 5.56 Å². The van der Waals surface area contributed by atoms with Crippen LogP contribution < -0.4 is 10.1 Å². The number of nitrogens with zero attached hydrogens (tertiary/aromatic N) is 2. The van der Waals surface area contributed by atoms with E-state index in [1.54, 1.807) is 0 Å². The first kappa shape index (κ1) is 17.9. The molecule has 1 N–H and O–H groups in total. The molecule has 0 atom stereocenters. The molecule has 5 nitrogen and oxygen atoms in total. The molecule has 2 amide bonds. The zero-order chi connectivity index (χ0) is 18.5. The summed E-state index contributed by atoms with van der Waals surface area (Å²) in [5.74, 6) is 1.78. The van der Waals surface area contributed by atoms with Gasteiger partial charge in [-0.1, -0.05) is 36.4 Å². The van der Waals surface area contributed by atoms with Gasteiger partial charge in [0.2, 0.25) is 0 Å². The number of urea groups is 1. The van der Waals surface area contributed by atoms with Gasteiger partial charge in [0.15, 0.2) is 0 Å². The molecular weight excluding hydrogens is 338 g/mol. The van der Waals surface area contributed by atoms with Gasteiger partial charge >= 0.3 is 6.03 Å². The maximum Gasteiger partial charge on any atom is 0.317 e. The predicted molar refractivity (Wildman–Crippen MR) is 106 cm³/mol. The summed E-state index contributed by atoms with van der Waals surface area (Å²) in [4.78, 5) is 16.6. The summed E-state index contributed by atoms with van der Waals surface area (Å²) >= 11 is 0. The minimum absolute atomic E-state index is 0.112. The lowest BCUT2D eigenvalue weighted by atomic mass is 10.0. The highest BCUT2D eigenvalue weighted by atomic mass is 16.5. The van der Waals surface area contributed by atoms with Crippen LogP contribution in [0.2, 0.25) is 0 Å². The molecule has 2 aromatic carbocycles. The average molecular weight is 365 g/mol. The minimum atomic E-state index is 0.112. The van der Waals surface area contributed by atoms with Gasteiger partial charge in [0.1, 0.15) is 11.5 Å². The molecule has 4 rings (SSSR count). The number of amides is 2. The minimum Gasteiger partial charge on any atom is -0.457 e. The molecule has 0 unspecified atom stereocenters. The Morgan fingerprint density at radius 1 is 0.963 bits per heavy atom. The number of nitrogens with one attached hydrogen (secondary N) is 1. The quantitative estimate of drug-likeness (QED) is 0.875. The van der Waals surface area contributed by atoms with E-state index in [9.17, 15) is 4.79 Å². The number of ether oxygens (including phenoxy) is 1. The molecule has 2 aliphatic heterocycles. The summed E-state index contributed by atoms with van der Waals surface area (Å²) in [5.41, 5.74) is 1.20. The van der Waals surface area contributed by atoms with Crippen LogP contribution >= 0.6 is 0 Å². The number of likely N-dealkylation sites (tertiary alicyclic amines) is 1. The van der Waals surface area contributed by atoms with Crippen molar-refractivity contribution in [1.29, 1.82) is 0 Å². The second-order valence-corrected chi connectivity index (χ2v) is 7.31.